The molecule has 2 nitrogen and oxygen atoms in total. The van der Waals surface area contributed by atoms with Gasteiger partial charge in [-0.15, -0.1) is 0 Å². The minimum Gasteiger partial charge on any atom is -0.492 e. The second kappa shape index (κ2) is 4.51. The maximum atomic E-state index is 11.8. The summed E-state index contributed by atoms with van der Waals surface area (Å²) in [5, 5.41) is 0. The zero-order valence-electron chi connectivity index (χ0n) is 7.01. The fourth-order valence-electron chi connectivity index (χ4n) is 0.776. The molecule has 0 atom stereocenters. The van der Waals surface area contributed by atoms with Crippen LogP contribution in [-0.2, 0) is 0 Å². The van der Waals surface area contributed by atoms with Crippen molar-refractivity contribution in [2.45, 2.75) is 6.43 Å². The Bertz CT molecular complexity index is 264. The lowest BCUT2D eigenvalue weighted by molar-refractivity contribution is 0.0804. The van der Waals surface area contributed by atoms with Gasteiger partial charge >= 0.3 is 0 Å². The van der Waals surface area contributed by atoms with Gasteiger partial charge in [0, 0.05) is 0 Å². The Morgan fingerprint density at radius 2 is 2.31 bits per heavy atom. The van der Waals surface area contributed by atoms with Crippen LogP contribution in [-0.4, -0.2) is 20.1 Å². The predicted octanol–water partition coefficient (Wildman–Crippen LogP) is 1.94. The van der Waals surface area contributed by atoms with E-state index in [1.54, 1.807) is 12.1 Å². The molecule has 0 N–H and O–H groups in total. The minimum absolute atomic E-state index is 0.158. The van der Waals surface area contributed by atoms with Gasteiger partial charge in [-0.2, -0.15) is 0 Å². The van der Waals surface area contributed by atoms with Gasteiger partial charge in [-0.05, 0) is 18.2 Å². The zero-order valence-corrected chi connectivity index (χ0v) is 7.01. The molecule has 0 radical (unpaired) electrons. The van der Waals surface area contributed by atoms with Crippen LogP contribution >= 0.6 is 0 Å². The van der Waals surface area contributed by atoms with Gasteiger partial charge in [-0.1, -0.05) is 6.07 Å². The number of hydrogen-bond acceptors (Lipinski definition) is 2. The molecule has 0 aliphatic rings. The summed E-state index contributed by atoms with van der Waals surface area (Å²) in [4.78, 5) is 0. The number of rotatable bonds is 4. The minimum atomic E-state index is -2.50. The van der Waals surface area contributed by atoms with E-state index < -0.39 is 13.0 Å². The average Bonchev–Trinajstić information content (AvgIpc) is 2.15. The van der Waals surface area contributed by atoms with Crippen LogP contribution in [0.5, 0.6) is 11.5 Å². The molecule has 0 aliphatic heterocycles. The Kier molecular flexibility index (Phi) is 3.32. The fraction of sp³-hybridized carbons (Fsp3) is 0.333. The first-order chi connectivity index (χ1) is 6.24. The van der Waals surface area contributed by atoms with E-state index in [0.717, 1.165) is 0 Å². The molecule has 0 spiro atoms. The van der Waals surface area contributed by atoms with Crippen LogP contribution in [0.3, 0.4) is 0 Å². The first kappa shape index (κ1) is 9.59. The van der Waals surface area contributed by atoms with E-state index >= 15 is 0 Å². The van der Waals surface area contributed by atoms with Crippen molar-refractivity contribution in [2.75, 3.05) is 13.7 Å². The Balaban J connectivity index is 2.64. The largest absolute Gasteiger partial charge is 0.492 e. The number of halogens is 2. The molecule has 0 unspecified atom stereocenters. The third kappa shape index (κ3) is 2.79. The molecule has 70 valence electrons. The van der Waals surface area contributed by atoms with E-state index in [-0.39, 0.29) is 5.75 Å². The molecular weight excluding hydrogens is 178 g/mol. The molecule has 0 saturated heterocycles. The van der Waals surface area contributed by atoms with Gasteiger partial charge in [0.15, 0.2) is 5.75 Å². The normalized spacial score (nSPS) is 9.54. The summed E-state index contributed by atoms with van der Waals surface area (Å²) in [6, 6.07) is 8.25. The van der Waals surface area contributed by atoms with Crippen LogP contribution in [0.15, 0.2) is 12.1 Å². The molecule has 13 heavy (non-hydrogen) atoms. The van der Waals surface area contributed by atoms with Crippen LogP contribution in [0.25, 0.3) is 0 Å². The number of ether oxygens (including phenoxy) is 2. The molecule has 0 aliphatic carbocycles. The van der Waals surface area contributed by atoms with E-state index in [4.69, 9.17) is 9.47 Å². The molecule has 0 bridgehead atoms. The first-order valence-corrected chi connectivity index (χ1v) is 3.61. The van der Waals surface area contributed by atoms with E-state index in [0.29, 0.717) is 5.75 Å². The van der Waals surface area contributed by atoms with Gasteiger partial charge in [0.05, 0.1) is 7.11 Å². The van der Waals surface area contributed by atoms with E-state index in [2.05, 4.69) is 12.1 Å². The van der Waals surface area contributed by atoms with Crippen LogP contribution in [0, 0.1) is 12.1 Å². The van der Waals surface area contributed by atoms with Crippen LogP contribution in [0.4, 0.5) is 8.78 Å². The van der Waals surface area contributed by atoms with Crippen molar-refractivity contribution in [3.8, 4) is 11.5 Å². The van der Waals surface area contributed by atoms with Crippen molar-refractivity contribution >= 4 is 0 Å². The van der Waals surface area contributed by atoms with Crippen molar-refractivity contribution in [3.05, 3.63) is 24.3 Å². The predicted molar refractivity (Wildman–Crippen MR) is 42.2 cm³/mol. The summed E-state index contributed by atoms with van der Waals surface area (Å²) >= 11 is 0. The molecule has 1 aromatic rings. The quantitative estimate of drug-likeness (QED) is 0.715. The Labute approximate surface area is 75.1 Å². The Morgan fingerprint density at radius 3 is 2.92 bits per heavy atom. The van der Waals surface area contributed by atoms with E-state index in [1.165, 1.54) is 7.11 Å². The number of alkyl halides is 2. The molecule has 1 rings (SSSR count). The van der Waals surface area contributed by atoms with Crippen molar-refractivity contribution in [1.82, 2.24) is 0 Å². The lowest BCUT2D eigenvalue weighted by atomic mass is 10.4. The Morgan fingerprint density at radius 1 is 1.54 bits per heavy atom. The van der Waals surface area contributed by atoms with E-state index in [9.17, 15) is 8.78 Å². The summed E-state index contributed by atoms with van der Waals surface area (Å²) in [5.74, 6) is 0.532. The molecule has 0 amide bonds. The standard InChI is InChI=1S/C9H8F2O2/c1-12-7-4-2-3-5-8(7)13-6-9(10)11/h2,4,9H,6H2,1H3. The fourth-order valence-corrected chi connectivity index (χ4v) is 0.776. The third-order valence-electron chi connectivity index (χ3n) is 1.30. The highest BCUT2D eigenvalue weighted by Crippen LogP contribution is 2.23. The molecule has 0 fully saturated rings. The highest BCUT2D eigenvalue weighted by Gasteiger charge is 2.06. The van der Waals surface area contributed by atoms with Gasteiger partial charge in [0.25, 0.3) is 6.43 Å². The monoisotopic (exact) mass is 186 g/mol. The highest BCUT2D eigenvalue weighted by atomic mass is 19.3. The van der Waals surface area contributed by atoms with Gasteiger partial charge in [0.1, 0.15) is 6.61 Å². The third-order valence-corrected chi connectivity index (χ3v) is 1.30. The maximum Gasteiger partial charge on any atom is 0.272 e. The van der Waals surface area contributed by atoms with Crippen molar-refractivity contribution in [1.29, 1.82) is 0 Å². The summed E-state index contributed by atoms with van der Waals surface area (Å²) in [6.45, 7) is -0.662. The first-order valence-electron chi connectivity index (χ1n) is 3.61. The summed E-state index contributed by atoms with van der Waals surface area (Å²) in [5.41, 5.74) is 0. The SMILES string of the molecule is COc1ccc#cc1OCC(F)F. The second-order valence-electron chi connectivity index (χ2n) is 2.20. The second-order valence-corrected chi connectivity index (χ2v) is 2.20. The maximum absolute atomic E-state index is 11.8. The summed E-state index contributed by atoms with van der Waals surface area (Å²) < 4.78 is 33.1. The van der Waals surface area contributed by atoms with E-state index in [1.807, 2.05) is 0 Å². The highest BCUT2D eigenvalue weighted by molar-refractivity contribution is 5.35. The molecule has 0 aromatic heterocycles. The van der Waals surface area contributed by atoms with Crippen molar-refractivity contribution in [2.24, 2.45) is 0 Å². The topological polar surface area (TPSA) is 18.5 Å². The average molecular weight is 186 g/mol. The smallest absolute Gasteiger partial charge is 0.272 e. The van der Waals surface area contributed by atoms with Gasteiger partial charge in [-0.3, -0.25) is 0 Å². The van der Waals surface area contributed by atoms with Gasteiger partial charge in [-0.25, -0.2) is 8.78 Å². The van der Waals surface area contributed by atoms with Gasteiger partial charge < -0.3 is 9.47 Å². The van der Waals surface area contributed by atoms with Crippen molar-refractivity contribution in [3.63, 3.8) is 0 Å². The van der Waals surface area contributed by atoms with Crippen molar-refractivity contribution < 1.29 is 18.3 Å². The van der Waals surface area contributed by atoms with Crippen LogP contribution in [0.2, 0.25) is 0 Å². The lowest BCUT2D eigenvalue weighted by Crippen LogP contribution is -2.07. The molecule has 0 heterocycles. The number of hydrogen-bond donors (Lipinski definition) is 0. The molecule has 4 heteroatoms. The summed E-state index contributed by atoms with van der Waals surface area (Å²) in [7, 11) is 1.43. The Hall–Kier alpha value is -1.50. The van der Waals surface area contributed by atoms with Crippen LogP contribution in [0.1, 0.15) is 0 Å². The number of methoxy groups -OCH3 is 1. The molecule has 1 aromatic carbocycles. The zero-order chi connectivity index (χ0) is 9.68. The van der Waals surface area contributed by atoms with Gasteiger partial charge in [0.2, 0.25) is 5.75 Å². The summed E-state index contributed by atoms with van der Waals surface area (Å²) in [6.07, 6.45) is -2.50. The molecular formula is C9H8F2O2. The lowest BCUT2D eigenvalue weighted by Gasteiger charge is -2.06. The molecule has 0 saturated carbocycles. The van der Waals surface area contributed by atoms with Crippen LogP contribution < -0.4 is 9.47 Å².